The lowest BCUT2D eigenvalue weighted by molar-refractivity contribution is -0.311. The number of nitrogens with zero attached hydrogens (tertiary/aromatic N) is 1. The van der Waals surface area contributed by atoms with Crippen molar-refractivity contribution in [3.63, 3.8) is 0 Å². The quantitative estimate of drug-likeness (QED) is 0.0394. The summed E-state index contributed by atoms with van der Waals surface area (Å²) in [6, 6.07) is 3.21. The van der Waals surface area contributed by atoms with Gasteiger partial charge in [-0.3, -0.25) is 9.78 Å². The first-order valence-electron chi connectivity index (χ1n) is 12.6. The molecule has 1 aromatic rings. The number of carbonyl (C=O) groups is 2. The van der Waals surface area contributed by atoms with Crippen LogP contribution in [0.4, 0.5) is 0 Å². The van der Waals surface area contributed by atoms with Crippen LogP contribution in [-0.4, -0.2) is 36.6 Å². The summed E-state index contributed by atoms with van der Waals surface area (Å²) in [7, 11) is 0. The van der Waals surface area contributed by atoms with Crippen LogP contribution in [0.15, 0.2) is 85.3 Å². The highest BCUT2D eigenvalue weighted by molar-refractivity contribution is 5.90. The molecule has 0 spiro atoms. The van der Waals surface area contributed by atoms with Crippen LogP contribution in [0.5, 0.6) is 0 Å². The maximum absolute atomic E-state index is 12.2. The predicted octanol–water partition coefficient (Wildman–Crippen LogP) is 6.92. The number of hydrogen-bond donors (Lipinski definition) is 0. The normalized spacial score (nSPS) is 13.5. The number of rotatable bonds is 19. The molecule has 1 atom stereocenters. The van der Waals surface area contributed by atoms with E-state index in [1.54, 1.807) is 32.2 Å². The molecule has 0 aromatic carbocycles. The molecule has 1 aromatic heterocycles. The molecule has 0 N–H and O–H groups in total. The van der Waals surface area contributed by atoms with Gasteiger partial charge in [0.1, 0.15) is 0 Å². The summed E-state index contributed by atoms with van der Waals surface area (Å²) in [5, 5.41) is 0. The van der Waals surface area contributed by atoms with E-state index in [0.29, 0.717) is 12.9 Å². The first-order valence-corrected chi connectivity index (χ1v) is 12.6. The number of esters is 1. The highest BCUT2D eigenvalue weighted by atomic mass is 17.2. The third kappa shape index (κ3) is 15.0. The number of ether oxygens (including phenoxy) is 1. The molecule has 36 heavy (non-hydrogen) atoms. The van der Waals surface area contributed by atoms with Crippen LogP contribution in [0.25, 0.3) is 0 Å². The van der Waals surface area contributed by atoms with Gasteiger partial charge in [-0.15, -0.1) is 0 Å². The monoisotopic (exact) mass is 495 g/mol. The van der Waals surface area contributed by atoms with Gasteiger partial charge in [-0.2, -0.15) is 0 Å². The molecule has 6 nitrogen and oxygen atoms in total. The van der Waals surface area contributed by atoms with Crippen LogP contribution in [0, 0.1) is 5.41 Å². The van der Waals surface area contributed by atoms with Gasteiger partial charge in [0.2, 0.25) is 0 Å². The van der Waals surface area contributed by atoms with Gasteiger partial charge in [0.15, 0.2) is 12.4 Å². The van der Waals surface area contributed by atoms with Gasteiger partial charge in [0, 0.05) is 17.8 Å². The Labute approximate surface area is 216 Å². The molecule has 1 heterocycles. The molecule has 0 aliphatic carbocycles. The van der Waals surface area contributed by atoms with Crippen LogP contribution in [0.1, 0.15) is 69.7 Å². The zero-order valence-electron chi connectivity index (χ0n) is 21.9. The first kappa shape index (κ1) is 30.9. The van der Waals surface area contributed by atoms with Crippen molar-refractivity contribution in [2.45, 2.75) is 65.4 Å². The molecule has 0 amide bonds. The summed E-state index contributed by atoms with van der Waals surface area (Å²) < 4.78 is 5.33. The van der Waals surface area contributed by atoms with Crippen LogP contribution in [-0.2, 0) is 19.3 Å². The Bertz CT molecular complexity index is 869. The molecule has 0 aliphatic heterocycles. The van der Waals surface area contributed by atoms with Crippen molar-refractivity contribution in [2.24, 2.45) is 5.41 Å². The lowest BCUT2D eigenvalue weighted by Gasteiger charge is -2.29. The summed E-state index contributed by atoms with van der Waals surface area (Å²) >= 11 is 0. The van der Waals surface area contributed by atoms with Crippen molar-refractivity contribution in [1.82, 2.24) is 4.98 Å². The minimum atomic E-state index is -0.970. The smallest absolute Gasteiger partial charge is 0.340 e. The molecule has 0 fully saturated rings. The fraction of sp³-hybridized carbons (Fsp3) is 0.433. The SMILES string of the molecule is CC/C=C\C/C=C\C/C=C\C/C=C/C=C\CCCOOCC(C)(C)C(C=O)OC(=O)c1cccnc1. The second kappa shape index (κ2) is 20.1. The number of aldehydes is 1. The van der Waals surface area contributed by atoms with Crippen LogP contribution >= 0.6 is 0 Å². The molecule has 0 bridgehead atoms. The van der Waals surface area contributed by atoms with Crippen molar-refractivity contribution >= 4 is 12.3 Å². The molecule has 196 valence electrons. The summed E-state index contributed by atoms with van der Waals surface area (Å²) in [6.45, 7) is 6.23. The second-order valence-corrected chi connectivity index (χ2v) is 8.80. The Morgan fingerprint density at radius 3 is 2.28 bits per heavy atom. The number of allylic oxidation sites excluding steroid dienone is 10. The molecule has 0 saturated carbocycles. The summed E-state index contributed by atoms with van der Waals surface area (Å²) in [4.78, 5) is 38.1. The molecule has 6 heteroatoms. The minimum Gasteiger partial charge on any atom is -0.450 e. The van der Waals surface area contributed by atoms with Crippen molar-refractivity contribution < 1.29 is 24.1 Å². The average Bonchev–Trinajstić information content (AvgIpc) is 2.88. The highest BCUT2D eigenvalue weighted by Crippen LogP contribution is 2.24. The third-order valence-corrected chi connectivity index (χ3v) is 5.07. The lowest BCUT2D eigenvalue weighted by Crippen LogP contribution is -2.39. The fourth-order valence-corrected chi connectivity index (χ4v) is 2.85. The van der Waals surface area contributed by atoms with Crippen LogP contribution < -0.4 is 0 Å². The van der Waals surface area contributed by atoms with Crippen LogP contribution in [0.3, 0.4) is 0 Å². The summed E-state index contributed by atoms with van der Waals surface area (Å²) in [6.07, 6.45) is 29.6. The summed E-state index contributed by atoms with van der Waals surface area (Å²) in [5.74, 6) is -0.603. The molecular formula is C30H41NO5. The van der Waals surface area contributed by atoms with E-state index in [-0.39, 0.29) is 12.2 Å². The molecule has 0 saturated heterocycles. The topological polar surface area (TPSA) is 74.7 Å². The average molecular weight is 496 g/mol. The Morgan fingerprint density at radius 2 is 1.64 bits per heavy atom. The van der Waals surface area contributed by atoms with E-state index >= 15 is 0 Å². The van der Waals surface area contributed by atoms with Gasteiger partial charge in [-0.05, 0) is 50.7 Å². The maximum atomic E-state index is 12.2. The van der Waals surface area contributed by atoms with Gasteiger partial charge in [-0.25, -0.2) is 14.6 Å². The van der Waals surface area contributed by atoms with Crippen molar-refractivity contribution in [2.75, 3.05) is 13.2 Å². The van der Waals surface area contributed by atoms with Crippen molar-refractivity contribution in [3.8, 4) is 0 Å². The fourth-order valence-electron chi connectivity index (χ4n) is 2.85. The first-order chi connectivity index (χ1) is 17.5. The van der Waals surface area contributed by atoms with Gasteiger partial charge >= 0.3 is 5.97 Å². The number of aromatic nitrogens is 1. The van der Waals surface area contributed by atoms with Gasteiger partial charge in [0.05, 0.1) is 18.8 Å². The van der Waals surface area contributed by atoms with E-state index in [9.17, 15) is 9.59 Å². The zero-order chi connectivity index (χ0) is 26.3. The largest absolute Gasteiger partial charge is 0.450 e. The van der Waals surface area contributed by atoms with E-state index in [4.69, 9.17) is 14.5 Å². The predicted molar refractivity (Wildman–Crippen MR) is 144 cm³/mol. The zero-order valence-corrected chi connectivity index (χ0v) is 21.9. The molecule has 0 radical (unpaired) electrons. The molecule has 1 rings (SSSR count). The third-order valence-electron chi connectivity index (χ3n) is 5.07. The van der Waals surface area contributed by atoms with E-state index in [1.165, 1.54) is 6.20 Å². The molecule has 1 unspecified atom stereocenters. The van der Waals surface area contributed by atoms with Crippen LogP contribution in [0.2, 0.25) is 0 Å². The molecular weight excluding hydrogens is 454 g/mol. The standard InChI is InChI=1S/C30H41NO5/c1-4-5-6-7-8-9-10-11-12-13-14-15-16-17-18-19-23-34-35-26-30(2,3)28(25-32)36-29(33)27-21-20-22-31-24-27/h5-6,8-9,11-12,14-17,20-22,24-25,28H,4,7,10,13,18-19,23,26H2,1-3H3/b6-5-,9-8-,12-11-,15-14+,17-16-. The van der Waals surface area contributed by atoms with Crippen molar-refractivity contribution in [1.29, 1.82) is 0 Å². The highest BCUT2D eigenvalue weighted by Gasteiger charge is 2.34. The number of unbranched alkanes of at least 4 members (excludes halogenated alkanes) is 1. The Kier molecular flexibility index (Phi) is 17.3. The van der Waals surface area contributed by atoms with Crippen molar-refractivity contribution in [3.05, 3.63) is 90.9 Å². The minimum absolute atomic E-state index is 0.106. The van der Waals surface area contributed by atoms with Gasteiger partial charge < -0.3 is 4.74 Å². The number of carbonyl (C=O) groups excluding carboxylic acids is 2. The van der Waals surface area contributed by atoms with E-state index in [0.717, 1.165) is 38.5 Å². The second-order valence-electron chi connectivity index (χ2n) is 8.80. The van der Waals surface area contributed by atoms with E-state index < -0.39 is 17.5 Å². The van der Waals surface area contributed by atoms with Gasteiger partial charge in [-0.1, -0.05) is 81.5 Å². The maximum Gasteiger partial charge on any atom is 0.340 e. The Balaban J connectivity index is 2.13. The molecule has 0 aliphatic rings. The van der Waals surface area contributed by atoms with E-state index in [2.05, 4.69) is 60.5 Å². The lowest BCUT2D eigenvalue weighted by atomic mass is 9.88. The number of pyridine rings is 1. The Hall–Kier alpha value is -3.09. The Morgan fingerprint density at radius 1 is 0.972 bits per heavy atom. The number of hydrogen-bond acceptors (Lipinski definition) is 6. The van der Waals surface area contributed by atoms with Gasteiger partial charge in [0.25, 0.3) is 0 Å². The van der Waals surface area contributed by atoms with E-state index in [1.807, 2.05) is 12.2 Å². The summed E-state index contributed by atoms with van der Waals surface area (Å²) in [5.41, 5.74) is -0.461.